The Morgan fingerprint density at radius 2 is 2.16 bits per heavy atom. The van der Waals surface area contributed by atoms with Gasteiger partial charge in [-0.05, 0) is 12.1 Å². The Labute approximate surface area is 114 Å². The third kappa shape index (κ3) is 3.09. The largest absolute Gasteiger partial charge is 0.476 e. The van der Waals surface area contributed by atoms with Gasteiger partial charge in [0.1, 0.15) is 0 Å². The first kappa shape index (κ1) is 13.1. The molecule has 0 amide bonds. The first-order valence-corrected chi connectivity index (χ1v) is 6.48. The number of hydrogen-bond acceptors (Lipinski definition) is 5. The highest BCUT2D eigenvalue weighted by Gasteiger charge is 2.15. The molecule has 0 spiro atoms. The molecule has 1 aromatic carbocycles. The van der Waals surface area contributed by atoms with Crippen LogP contribution in [0.5, 0.6) is 0 Å². The lowest BCUT2D eigenvalue weighted by Gasteiger charge is -2.20. The van der Waals surface area contributed by atoms with E-state index in [-0.39, 0.29) is 5.69 Å². The average molecular weight is 273 g/mol. The van der Waals surface area contributed by atoms with Crippen LogP contribution in [0, 0.1) is 11.3 Å². The minimum atomic E-state index is -1.05. The summed E-state index contributed by atoms with van der Waals surface area (Å²) in [6, 6.07) is 11.6. The molecule has 0 aliphatic carbocycles. The molecule has 2 aromatic rings. The molecule has 1 aromatic heterocycles. The van der Waals surface area contributed by atoms with Crippen molar-refractivity contribution in [3.8, 4) is 6.07 Å². The highest BCUT2D eigenvalue weighted by atomic mass is 32.1. The zero-order valence-electron chi connectivity index (χ0n) is 9.98. The molecule has 0 radical (unpaired) electrons. The van der Waals surface area contributed by atoms with Crippen LogP contribution < -0.4 is 4.90 Å². The maximum atomic E-state index is 10.9. The quantitative estimate of drug-likeness (QED) is 0.906. The fraction of sp³-hybridized carbons (Fsp3) is 0.154. The minimum absolute atomic E-state index is 0.0258. The lowest BCUT2D eigenvalue weighted by Crippen LogP contribution is -2.18. The number of thiazole rings is 1. The number of hydrogen-bond donors (Lipinski definition) is 1. The van der Waals surface area contributed by atoms with E-state index >= 15 is 0 Å². The summed E-state index contributed by atoms with van der Waals surface area (Å²) in [5, 5.41) is 19.7. The van der Waals surface area contributed by atoms with Crippen LogP contribution in [-0.2, 0) is 0 Å². The molecular formula is C13H11N3O2S. The van der Waals surface area contributed by atoms with Gasteiger partial charge >= 0.3 is 5.97 Å². The SMILES string of the molecule is N#CCCN(c1ccccc1)c1nc(C(=O)O)cs1. The number of aromatic nitrogens is 1. The van der Waals surface area contributed by atoms with Crippen molar-refractivity contribution in [2.45, 2.75) is 6.42 Å². The molecule has 1 N–H and O–H groups in total. The number of benzene rings is 1. The summed E-state index contributed by atoms with van der Waals surface area (Å²) >= 11 is 1.26. The van der Waals surface area contributed by atoms with Crippen molar-refractivity contribution in [1.82, 2.24) is 4.98 Å². The molecule has 0 fully saturated rings. The number of anilines is 2. The number of nitrogens with zero attached hydrogens (tertiary/aromatic N) is 3. The monoisotopic (exact) mass is 273 g/mol. The molecule has 6 heteroatoms. The van der Waals surface area contributed by atoms with Crippen molar-refractivity contribution < 1.29 is 9.90 Å². The van der Waals surface area contributed by atoms with E-state index in [1.807, 2.05) is 35.2 Å². The predicted octanol–water partition coefficient (Wildman–Crippen LogP) is 2.89. The lowest BCUT2D eigenvalue weighted by molar-refractivity contribution is 0.0691. The van der Waals surface area contributed by atoms with Gasteiger partial charge in [-0.25, -0.2) is 9.78 Å². The topological polar surface area (TPSA) is 77.2 Å². The smallest absolute Gasteiger partial charge is 0.355 e. The van der Waals surface area contributed by atoms with Crippen molar-refractivity contribution in [2.24, 2.45) is 0 Å². The van der Waals surface area contributed by atoms with Gasteiger partial charge in [0.05, 0.1) is 12.5 Å². The Hall–Kier alpha value is -2.39. The van der Waals surface area contributed by atoms with Gasteiger partial charge in [0.25, 0.3) is 0 Å². The van der Waals surface area contributed by atoms with E-state index < -0.39 is 5.97 Å². The van der Waals surface area contributed by atoms with E-state index in [9.17, 15) is 4.79 Å². The minimum Gasteiger partial charge on any atom is -0.476 e. The van der Waals surface area contributed by atoms with Crippen LogP contribution in [0.4, 0.5) is 10.8 Å². The summed E-state index contributed by atoms with van der Waals surface area (Å²) in [6.45, 7) is 0.479. The molecule has 0 bridgehead atoms. The van der Waals surface area contributed by atoms with Crippen molar-refractivity contribution in [3.63, 3.8) is 0 Å². The number of para-hydroxylation sites is 1. The molecular weight excluding hydrogens is 262 g/mol. The molecule has 0 aliphatic rings. The van der Waals surface area contributed by atoms with E-state index in [0.717, 1.165) is 5.69 Å². The Morgan fingerprint density at radius 3 is 2.74 bits per heavy atom. The van der Waals surface area contributed by atoms with E-state index in [2.05, 4.69) is 11.1 Å². The molecule has 0 unspecified atom stereocenters. The lowest BCUT2D eigenvalue weighted by atomic mass is 10.3. The average Bonchev–Trinajstić information content (AvgIpc) is 2.90. The van der Waals surface area contributed by atoms with Crippen molar-refractivity contribution in [1.29, 1.82) is 5.26 Å². The standard InChI is InChI=1S/C13H11N3O2S/c14-7-4-8-16(10-5-2-1-3-6-10)13-15-11(9-19-13)12(17)18/h1-3,5-6,9H,4,8H2,(H,17,18). The van der Waals surface area contributed by atoms with Gasteiger partial charge in [-0.1, -0.05) is 18.2 Å². The zero-order chi connectivity index (χ0) is 13.7. The summed E-state index contributed by atoms with van der Waals surface area (Å²) in [7, 11) is 0. The van der Waals surface area contributed by atoms with E-state index in [4.69, 9.17) is 10.4 Å². The Morgan fingerprint density at radius 1 is 1.42 bits per heavy atom. The van der Waals surface area contributed by atoms with Crippen LogP contribution in [0.25, 0.3) is 0 Å². The predicted molar refractivity (Wildman–Crippen MR) is 72.8 cm³/mol. The van der Waals surface area contributed by atoms with E-state index in [1.54, 1.807) is 0 Å². The first-order valence-electron chi connectivity index (χ1n) is 5.60. The maximum Gasteiger partial charge on any atom is 0.355 e. The van der Waals surface area contributed by atoms with Gasteiger partial charge in [-0.3, -0.25) is 0 Å². The molecule has 0 saturated heterocycles. The maximum absolute atomic E-state index is 10.9. The van der Waals surface area contributed by atoms with E-state index in [0.29, 0.717) is 18.1 Å². The molecule has 0 atom stereocenters. The number of carboxylic acid groups (broad SMARTS) is 1. The van der Waals surface area contributed by atoms with Crippen molar-refractivity contribution >= 4 is 28.1 Å². The summed E-state index contributed by atoms with van der Waals surface area (Å²) in [5.41, 5.74) is 0.918. The third-order valence-electron chi connectivity index (χ3n) is 2.46. The highest BCUT2D eigenvalue weighted by molar-refractivity contribution is 7.14. The zero-order valence-corrected chi connectivity index (χ0v) is 10.8. The Kier molecular flexibility index (Phi) is 4.11. The van der Waals surface area contributed by atoms with Gasteiger partial charge in [-0.15, -0.1) is 11.3 Å². The van der Waals surface area contributed by atoms with Gasteiger partial charge in [0.2, 0.25) is 0 Å². The summed E-state index contributed by atoms with van der Waals surface area (Å²) in [6.07, 6.45) is 0.344. The first-order chi connectivity index (χ1) is 9.22. The second-order valence-electron chi connectivity index (χ2n) is 3.72. The summed E-state index contributed by atoms with van der Waals surface area (Å²) in [5.74, 6) is -1.05. The second-order valence-corrected chi connectivity index (χ2v) is 4.55. The molecule has 5 nitrogen and oxygen atoms in total. The molecule has 19 heavy (non-hydrogen) atoms. The van der Waals surface area contributed by atoms with E-state index in [1.165, 1.54) is 16.7 Å². The number of aromatic carboxylic acids is 1. The highest BCUT2D eigenvalue weighted by Crippen LogP contribution is 2.28. The summed E-state index contributed by atoms with van der Waals surface area (Å²) < 4.78 is 0. The van der Waals surface area contributed by atoms with Gasteiger partial charge in [0, 0.05) is 17.6 Å². The molecule has 0 saturated carbocycles. The fourth-order valence-corrected chi connectivity index (χ4v) is 2.44. The summed E-state index contributed by atoms with van der Waals surface area (Å²) in [4.78, 5) is 16.8. The molecule has 1 heterocycles. The Balaban J connectivity index is 2.32. The van der Waals surface area contributed by atoms with Crippen LogP contribution in [0.1, 0.15) is 16.9 Å². The normalized spacial score (nSPS) is 9.84. The Bertz CT molecular complexity index is 604. The number of carbonyl (C=O) groups is 1. The third-order valence-corrected chi connectivity index (χ3v) is 3.32. The van der Waals surface area contributed by atoms with Crippen LogP contribution in [0.15, 0.2) is 35.7 Å². The van der Waals surface area contributed by atoms with Gasteiger partial charge in [0.15, 0.2) is 10.8 Å². The van der Waals surface area contributed by atoms with Crippen molar-refractivity contribution in [3.05, 3.63) is 41.4 Å². The molecule has 0 aliphatic heterocycles. The van der Waals surface area contributed by atoms with Crippen LogP contribution in [0.3, 0.4) is 0 Å². The van der Waals surface area contributed by atoms with Gasteiger partial charge in [-0.2, -0.15) is 5.26 Å². The molecule has 96 valence electrons. The van der Waals surface area contributed by atoms with Crippen LogP contribution in [0.2, 0.25) is 0 Å². The second kappa shape index (κ2) is 5.98. The van der Waals surface area contributed by atoms with Gasteiger partial charge < -0.3 is 10.0 Å². The number of carboxylic acids is 1. The van der Waals surface area contributed by atoms with Crippen LogP contribution in [-0.4, -0.2) is 22.6 Å². The fourth-order valence-electron chi connectivity index (χ4n) is 1.59. The van der Waals surface area contributed by atoms with Crippen molar-refractivity contribution in [2.75, 3.05) is 11.4 Å². The van der Waals surface area contributed by atoms with Crippen LogP contribution >= 0.6 is 11.3 Å². The number of rotatable bonds is 5. The molecule has 2 rings (SSSR count). The number of nitriles is 1.